The van der Waals surface area contributed by atoms with E-state index in [9.17, 15) is 19.7 Å². The number of thiazole rings is 1. The number of hydrogen-bond acceptors (Lipinski definition) is 7. The molecule has 0 saturated carbocycles. The normalized spacial score (nSPS) is 10.5. The minimum Gasteiger partial charge on any atom is -0.332 e. The highest BCUT2D eigenvalue weighted by atomic mass is 32.2. The lowest BCUT2D eigenvalue weighted by molar-refractivity contribution is -0.387. The van der Waals surface area contributed by atoms with E-state index in [-0.39, 0.29) is 23.7 Å². The first-order valence-corrected chi connectivity index (χ1v) is 10.5. The Morgan fingerprint density at radius 2 is 1.97 bits per heavy atom. The number of nitro benzene ring substituents is 1. The molecule has 0 radical (unpaired) electrons. The summed E-state index contributed by atoms with van der Waals surface area (Å²) in [6, 6.07) is 13.2. The van der Waals surface area contributed by atoms with E-state index in [1.54, 1.807) is 24.3 Å². The number of aryl methyl sites for hydroxylation is 1. The Balaban J connectivity index is 1.72. The van der Waals surface area contributed by atoms with Crippen LogP contribution in [0.15, 0.2) is 63.1 Å². The SMILES string of the molecule is Cc1csc(Sc2ccc(C(=O)N(C)CC(=O)Nc3ccccc3)cc2[N+](=O)[O-])n1. The molecule has 1 N–H and O–H groups in total. The smallest absolute Gasteiger partial charge is 0.284 e. The topological polar surface area (TPSA) is 105 Å². The summed E-state index contributed by atoms with van der Waals surface area (Å²) < 4.78 is 0.685. The van der Waals surface area contributed by atoms with Crippen molar-refractivity contribution in [3.8, 4) is 0 Å². The molecule has 0 fully saturated rings. The van der Waals surface area contributed by atoms with Crippen LogP contribution in [0, 0.1) is 17.0 Å². The third kappa shape index (κ3) is 5.43. The zero-order valence-corrected chi connectivity index (χ0v) is 17.8. The molecule has 2 amide bonds. The molecule has 30 heavy (non-hydrogen) atoms. The number of amides is 2. The molecule has 3 rings (SSSR count). The number of rotatable bonds is 7. The van der Waals surface area contributed by atoms with Gasteiger partial charge in [0, 0.05) is 35.4 Å². The number of anilines is 1. The van der Waals surface area contributed by atoms with Crippen molar-refractivity contribution in [2.45, 2.75) is 16.2 Å². The predicted molar refractivity (Wildman–Crippen MR) is 116 cm³/mol. The number of hydrogen-bond donors (Lipinski definition) is 1. The molecule has 0 bridgehead atoms. The maximum atomic E-state index is 12.7. The van der Waals surface area contributed by atoms with Gasteiger partial charge in [-0.3, -0.25) is 19.7 Å². The van der Waals surface area contributed by atoms with Gasteiger partial charge in [-0.15, -0.1) is 11.3 Å². The Bertz CT molecular complexity index is 1090. The second-order valence-corrected chi connectivity index (χ2v) is 8.52. The molecule has 0 spiro atoms. The number of nitrogens with zero attached hydrogens (tertiary/aromatic N) is 3. The standard InChI is InChI=1S/C20H18N4O4S2/c1-13-12-29-20(21-13)30-17-9-8-14(10-16(17)24(27)28)19(26)23(2)11-18(25)22-15-6-4-3-5-7-15/h3-10,12H,11H2,1-2H3,(H,22,25). The number of nitro groups is 1. The Hall–Kier alpha value is -3.24. The summed E-state index contributed by atoms with van der Waals surface area (Å²) in [5.41, 5.74) is 1.42. The number of benzene rings is 2. The Labute approximate surface area is 181 Å². The van der Waals surface area contributed by atoms with Gasteiger partial charge in [0.25, 0.3) is 11.6 Å². The fourth-order valence-corrected chi connectivity index (χ4v) is 4.46. The minimum absolute atomic E-state index is 0.136. The molecule has 0 atom stereocenters. The minimum atomic E-state index is -0.526. The van der Waals surface area contributed by atoms with Gasteiger partial charge in [0.15, 0.2) is 4.34 Å². The van der Waals surface area contributed by atoms with Gasteiger partial charge < -0.3 is 10.2 Å². The first-order chi connectivity index (χ1) is 14.3. The van der Waals surface area contributed by atoms with E-state index >= 15 is 0 Å². The van der Waals surface area contributed by atoms with Crippen LogP contribution in [0.5, 0.6) is 0 Å². The van der Waals surface area contributed by atoms with Crippen molar-refractivity contribution in [2.24, 2.45) is 0 Å². The monoisotopic (exact) mass is 442 g/mol. The van der Waals surface area contributed by atoms with Crippen LogP contribution in [-0.4, -0.2) is 40.2 Å². The summed E-state index contributed by atoms with van der Waals surface area (Å²) in [7, 11) is 1.47. The molecule has 10 heteroatoms. The van der Waals surface area contributed by atoms with E-state index in [1.807, 2.05) is 18.4 Å². The van der Waals surface area contributed by atoms with Crippen molar-refractivity contribution in [2.75, 3.05) is 18.9 Å². The molecule has 1 heterocycles. The van der Waals surface area contributed by atoms with Crippen molar-refractivity contribution < 1.29 is 14.5 Å². The molecular weight excluding hydrogens is 424 g/mol. The zero-order valence-electron chi connectivity index (χ0n) is 16.2. The summed E-state index contributed by atoms with van der Waals surface area (Å²) in [5, 5.41) is 16.1. The average Bonchev–Trinajstić information content (AvgIpc) is 3.12. The fraction of sp³-hybridized carbons (Fsp3) is 0.150. The van der Waals surface area contributed by atoms with Gasteiger partial charge in [-0.2, -0.15) is 0 Å². The summed E-state index contributed by atoms with van der Waals surface area (Å²) in [6.45, 7) is 1.66. The average molecular weight is 443 g/mol. The van der Waals surface area contributed by atoms with E-state index < -0.39 is 10.8 Å². The maximum absolute atomic E-state index is 12.7. The predicted octanol–water partition coefficient (Wildman–Crippen LogP) is 4.22. The fourth-order valence-electron chi connectivity index (χ4n) is 2.58. The number of para-hydroxylation sites is 1. The van der Waals surface area contributed by atoms with Crippen molar-refractivity contribution in [3.05, 3.63) is 75.3 Å². The summed E-state index contributed by atoms with van der Waals surface area (Å²) in [5.74, 6) is -0.846. The molecule has 1 aromatic heterocycles. The highest BCUT2D eigenvalue weighted by Crippen LogP contribution is 2.36. The third-order valence-corrected chi connectivity index (χ3v) is 6.10. The van der Waals surface area contributed by atoms with Crippen molar-refractivity contribution in [3.63, 3.8) is 0 Å². The van der Waals surface area contributed by atoms with Gasteiger partial charge in [0.2, 0.25) is 5.91 Å². The molecule has 3 aromatic rings. The lowest BCUT2D eigenvalue weighted by Crippen LogP contribution is -2.34. The van der Waals surface area contributed by atoms with Crippen LogP contribution in [0.2, 0.25) is 0 Å². The van der Waals surface area contributed by atoms with Gasteiger partial charge in [0.05, 0.1) is 16.4 Å². The second kappa shape index (κ2) is 9.51. The molecule has 0 aliphatic carbocycles. The van der Waals surface area contributed by atoms with Crippen LogP contribution in [0.1, 0.15) is 16.1 Å². The molecule has 0 aliphatic heterocycles. The van der Waals surface area contributed by atoms with Crippen molar-refractivity contribution in [1.82, 2.24) is 9.88 Å². The van der Waals surface area contributed by atoms with Crippen LogP contribution in [-0.2, 0) is 4.79 Å². The van der Waals surface area contributed by atoms with Gasteiger partial charge in [-0.1, -0.05) is 30.0 Å². The number of carbonyl (C=O) groups excluding carboxylic acids is 2. The molecule has 0 saturated heterocycles. The Morgan fingerprint density at radius 3 is 2.60 bits per heavy atom. The first kappa shape index (κ1) is 21.5. The lowest BCUT2D eigenvalue weighted by atomic mass is 10.2. The highest BCUT2D eigenvalue weighted by molar-refractivity contribution is 8.01. The van der Waals surface area contributed by atoms with Gasteiger partial charge in [-0.25, -0.2) is 4.98 Å². The Morgan fingerprint density at radius 1 is 1.23 bits per heavy atom. The molecule has 0 aliphatic rings. The number of aromatic nitrogens is 1. The van der Waals surface area contributed by atoms with Crippen LogP contribution in [0.4, 0.5) is 11.4 Å². The third-order valence-electron chi connectivity index (χ3n) is 3.98. The van der Waals surface area contributed by atoms with Gasteiger partial charge in [-0.05, 0) is 31.2 Å². The highest BCUT2D eigenvalue weighted by Gasteiger charge is 2.22. The Kier molecular flexibility index (Phi) is 6.80. The summed E-state index contributed by atoms with van der Waals surface area (Å²) >= 11 is 2.58. The molecular formula is C20H18N4O4S2. The molecule has 0 unspecified atom stereocenters. The van der Waals surface area contributed by atoms with E-state index in [4.69, 9.17) is 0 Å². The largest absolute Gasteiger partial charge is 0.332 e. The zero-order chi connectivity index (χ0) is 21.7. The molecule has 8 nitrogen and oxygen atoms in total. The van der Waals surface area contributed by atoms with Gasteiger partial charge >= 0.3 is 0 Å². The van der Waals surface area contributed by atoms with E-state index in [2.05, 4.69) is 10.3 Å². The number of likely N-dealkylation sites (N-methyl/N-ethyl adjacent to an activating group) is 1. The molecule has 154 valence electrons. The maximum Gasteiger partial charge on any atom is 0.284 e. The lowest BCUT2D eigenvalue weighted by Gasteiger charge is -2.17. The van der Waals surface area contributed by atoms with Crippen LogP contribution >= 0.6 is 23.1 Å². The molecule has 2 aromatic carbocycles. The van der Waals surface area contributed by atoms with Crippen LogP contribution in [0.25, 0.3) is 0 Å². The van der Waals surface area contributed by atoms with Crippen LogP contribution in [0.3, 0.4) is 0 Å². The summed E-state index contributed by atoms with van der Waals surface area (Å²) in [4.78, 5) is 41.8. The van der Waals surface area contributed by atoms with Crippen molar-refractivity contribution >= 4 is 46.3 Å². The quantitative estimate of drug-likeness (QED) is 0.434. The van der Waals surface area contributed by atoms with Crippen LogP contribution < -0.4 is 5.32 Å². The second-order valence-electron chi connectivity index (χ2n) is 6.37. The van der Waals surface area contributed by atoms with E-state index in [0.29, 0.717) is 14.9 Å². The van der Waals surface area contributed by atoms with E-state index in [1.165, 1.54) is 53.2 Å². The summed E-state index contributed by atoms with van der Waals surface area (Å²) in [6.07, 6.45) is 0. The number of nitrogens with one attached hydrogen (secondary N) is 1. The first-order valence-electron chi connectivity index (χ1n) is 8.82. The van der Waals surface area contributed by atoms with E-state index in [0.717, 1.165) is 5.69 Å². The number of carbonyl (C=O) groups is 2. The van der Waals surface area contributed by atoms with Gasteiger partial charge in [0.1, 0.15) is 0 Å². The van der Waals surface area contributed by atoms with Crippen molar-refractivity contribution in [1.29, 1.82) is 0 Å².